The number of carbonyl (C=O) groups excluding carboxylic acids is 2. The molecule has 7 heteroatoms. The topological polar surface area (TPSA) is 80.1 Å². The number of nitrogens with zero attached hydrogens (tertiary/aromatic N) is 2. The summed E-state index contributed by atoms with van der Waals surface area (Å²) in [6.07, 6.45) is 0. The molecule has 6 nitrogen and oxygen atoms in total. The molecule has 0 unspecified atom stereocenters. The molecular weight excluding hydrogens is 374 g/mol. The Morgan fingerprint density at radius 1 is 0.964 bits per heavy atom. The molecule has 0 radical (unpaired) electrons. The lowest BCUT2D eigenvalue weighted by atomic mass is 10.2. The van der Waals surface area contributed by atoms with Gasteiger partial charge in [0.1, 0.15) is 0 Å². The summed E-state index contributed by atoms with van der Waals surface area (Å²) < 4.78 is 5.09. The van der Waals surface area contributed by atoms with Crippen LogP contribution in [0.2, 0.25) is 0 Å². The van der Waals surface area contributed by atoms with Gasteiger partial charge in [0.15, 0.2) is 6.61 Å². The number of thiophene rings is 1. The van der Waals surface area contributed by atoms with Crippen molar-refractivity contribution in [3.05, 3.63) is 76.0 Å². The van der Waals surface area contributed by atoms with Crippen molar-refractivity contribution in [3.8, 4) is 0 Å². The second-order valence-corrected chi connectivity index (χ2v) is 7.49. The summed E-state index contributed by atoms with van der Waals surface area (Å²) in [5.41, 5.74) is 2.51. The Labute approximate surface area is 166 Å². The van der Waals surface area contributed by atoms with Crippen molar-refractivity contribution < 1.29 is 14.3 Å². The highest BCUT2D eigenvalue weighted by atomic mass is 32.1. The van der Waals surface area contributed by atoms with Crippen molar-refractivity contribution in [1.29, 1.82) is 0 Å². The van der Waals surface area contributed by atoms with Gasteiger partial charge in [-0.2, -0.15) is 10.2 Å². The van der Waals surface area contributed by atoms with Crippen molar-refractivity contribution in [1.82, 2.24) is 0 Å². The molecule has 3 aromatic rings. The van der Waals surface area contributed by atoms with Gasteiger partial charge >= 0.3 is 5.97 Å². The molecule has 28 heavy (non-hydrogen) atoms. The summed E-state index contributed by atoms with van der Waals surface area (Å²) in [4.78, 5) is 26.0. The van der Waals surface area contributed by atoms with Gasteiger partial charge in [-0.25, -0.2) is 4.79 Å². The van der Waals surface area contributed by atoms with Gasteiger partial charge in [-0.1, -0.05) is 18.2 Å². The van der Waals surface area contributed by atoms with Crippen LogP contribution in [0.25, 0.3) is 0 Å². The lowest BCUT2D eigenvalue weighted by Gasteiger charge is -2.06. The van der Waals surface area contributed by atoms with Crippen molar-refractivity contribution in [2.75, 3.05) is 11.9 Å². The number of amides is 1. The normalized spacial score (nSPS) is 10.8. The van der Waals surface area contributed by atoms with E-state index in [4.69, 9.17) is 4.74 Å². The van der Waals surface area contributed by atoms with E-state index < -0.39 is 11.9 Å². The van der Waals surface area contributed by atoms with Crippen LogP contribution in [-0.2, 0) is 9.53 Å². The SMILES string of the molecule is Cc1cc(C(=O)OCC(=O)Nc2ccc(N=Nc3ccccc3)cc2)c(C)s1. The summed E-state index contributed by atoms with van der Waals surface area (Å²) in [7, 11) is 0. The highest BCUT2D eigenvalue weighted by Gasteiger charge is 2.15. The lowest BCUT2D eigenvalue weighted by molar-refractivity contribution is -0.119. The van der Waals surface area contributed by atoms with E-state index in [9.17, 15) is 9.59 Å². The summed E-state index contributed by atoms with van der Waals surface area (Å²) in [6, 6.07) is 18.1. The number of anilines is 1. The molecule has 1 amide bonds. The molecule has 1 aromatic heterocycles. The van der Waals surface area contributed by atoms with E-state index in [1.54, 1.807) is 30.3 Å². The second-order valence-electron chi connectivity index (χ2n) is 6.03. The van der Waals surface area contributed by atoms with Gasteiger partial charge in [0.2, 0.25) is 0 Å². The third-order valence-electron chi connectivity index (χ3n) is 3.78. The van der Waals surface area contributed by atoms with E-state index in [1.807, 2.05) is 44.2 Å². The second kappa shape index (κ2) is 9.05. The number of hydrogen-bond donors (Lipinski definition) is 1. The van der Waals surface area contributed by atoms with Crippen molar-refractivity contribution in [3.63, 3.8) is 0 Å². The summed E-state index contributed by atoms with van der Waals surface area (Å²) in [5, 5.41) is 11.0. The Kier molecular flexibility index (Phi) is 6.29. The molecule has 0 spiro atoms. The van der Waals surface area contributed by atoms with Crippen LogP contribution in [-0.4, -0.2) is 18.5 Å². The molecule has 0 saturated carbocycles. The molecule has 0 saturated heterocycles. The molecule has 0 aliphatic carbocycles. The zero-order valence-electron chi connectivity index (χ0n) is 15.5. The summed E-state index contributed by atoms with van der Waals surface area (Å²) >= 11 is 1.52. The van der Waals surface area contributed by atoms with Crippen LogP contribution in [0.5, 0.6) is 0 Å². The predicted molar refractivity (Wildman–Crippen MR) is 110 cm³/mol. The number of nitrogens with one attached hydrogen (secondary N) is 1. The van der Waals surface area contributed by atoms with Crippen LogP contribution in [0.4, 0.5) is 17.1 Å². The fourth-order valence-electron chi connectivity index (χ4n) is 2.46. The predicted octanol–water partition coefficient (Wildman–Crippen LogP) is 5.58. The smallest absolute Gasteiger partial charge is 0.339 e. The average Bonchev–Trinajstić information content (AvgIpc) is 3.04. The molecular formula is C21H19N3O3S. The quantitative estimate of drug-likeness (QED) is 0.439. The minimum Gasteiger partial charge on any atom is -0.452 e. The first-order valence-corrected chi connectivity index (χ1v) is 9.44. The molecule has 0 bridgehead atoms. The highest BCUT2D eigenvalue weighted by Crippen LogP contribution is 2.22. The van der Waals surface area contributed by atoms with Crippen molar-refractivity contribution >= 4 is 40.3 Å². The maximum atomic E-state index is 12.1. The monoisotopic (exact) mass is 393 g/mol. The van der Waals surface area contributed by atoms with Crippen LogP contribution in [0.3, 0.4) is 0 Å². The number of carbonyl (C=O) groups is 2. The van der Waals surface area contributed by atoms with Gasteiger partial charge in [0, 0.05) is 15.4 Å². The number of hydrogen-bond acceptors (Lipinski definition) is 6. The molecule has 0 aliphatic heterocycles. The van der Waals surface area contributed by atoms with Crippen LogP contribution < -0.4 is 5.32 Å². The van der Waals surface area contributed by atoms with Crippen molar-refractivity contribution in [2.24, 2.45) is 10.2 Å². The number of aryl methyl sites for hydroxylation is 2. The van der Waals surface area contributed by atoms with Crippen LogP contribution in [0.15, 0.2) is 70.9 Å². The minimum absolute atomic E-state index is 0.345. The molecule has 0 aliphatic rings. The van der Waals surface area contributed by atoms with Gasteiger partial charge < -0.3 is 10.1 Å². The standard InChI is InChI=1S/C21H19N3O3S/c1-14-12-19(15(2)28-14)21(26)27-13-20(25)22-16-8-10-18(11-9-16)24-23-17-6-4-3-5-7-17/h3-12H,13H2,1-2H3,(H,22,25). The molecule has 2 aromatic carbocycles. The maximum Gasteiger partial charge on any atom is 0.339 e. The molecule has 0 atom stereocenters. The number of azo groups is 1. The summed E-state index contributed by atoms with van der Waals surface area (Å²) in [5.74, 6) is -0.898. The zero-order valence-corrected chi connectivity index (χ0v) is 16.3. The summed E-state index contributed by atoms with van der Waals surface area (Å²) in [6.45, 7) is 3.43. The first-order chi connectivity index (χ1) is 13.5. The third-order valence-corrected chi connectivity index (χ3v) is 4.75. The van der Waals surface area contributed by atoms with Crippen LogP contribution in [0, 0.1) is 13.8 Å². The molecule has 1 N–H and O–H groups in total. The molecule has 3 rings (SSSR count). The van der Waals surface area contributed by atoms with Gasteiger partial charge in [0.05, 0.1) is 16.9 Å². The molecule has 1 heterocycles. The van der Waals surface area contributed by atoms with E-state index >= 15 is 0 Å². The lowest BCUT2D eigenvalue weighted by Crippen LogP contribution is -2.20. The minimum atomic E-state index is -0.492. The first-order valence-electron chi connectivity index (χ1n) is 8.62. The Balaban J connectivity index is 1.51. The van der Waals surface area contributed by atoms with E-state index in [2.05, 4.69) is 15.5 Å². The van der Waals surface area contributed by atoms with Gasteiger partial charge in [-0.05, 0) is 56.3 Å². The zero-order chi connectivity index (χ0) is 19.9. The van der Waals surface area contributed by atoms with E-state index in [1.165, 1.54) is 11.3 Å². The number of rotatable bonds is 6. The molecule has 0 fully saturated rings. The van der Waals surface area contributed by atoms with Crippen LogP contribution in [0.1, 0.15) is 20.1 Å². The fourth-order valence-corrected chi connectivity index (χ4v) is 3.37. The highest BCUT2D eigenvalue weighted by molar-refractivity contribution is 7.12. The first kappa shape index (κ1) is 19.4. The number of ether oxygens (including phenoxy) is 1. The fraction of sp³-hybridized carbons (Fsp3) is 0.143. The van der Waals surface area contributed by atoms with Gasteiger partial charge in [-0.15, -0.1) is 11.3 Å². The van der Waals surface area contributed by atoms with E-state index in [0.717, 1.165) is 15.4 Å². The van der Waals surface area contributed by atoms with Crippen LogP contribution >= 0.6 is 11.3 Å². The van der Waals surface area contributed by atoms with Crippen molar-refractivity contribution in [2.45, 2.75) is 13.8 Å². The average molecular weight is 393 g/mol. The van der Waals surface area contributed by atoms with Gasteiger partial charge in [0.25, 0.3) is 5.91 Å². The largest absolute Gasteiger partial charge is 0.452 e. The molecule has 142 valence electrons. The van der Waals surface area contributed by atoms with E-state index in [0.29, 0.717) is 16.9 Å². The Morgan fingerprint density at radius 2 is 1.61 bits per heavy atom. The Hall–Kier alpha value is -3.32. The maximum absolute atomic E-state index is 12.1. The Morgan fingerprint density at radius 3 is 2.21 bits per heavy atom. The van der Waals surface area contributed by atoms with E-state index in [-0.39, 0.29) is 6.61 Å². The Bertz CT molecular complexity index is 995. The number of esters is 1. The van der Waals surface area contributed by atoms with Gasteiger partial charge in [-0.3, -0.25) is 4.79 Å². The third kappa shape index (κ3) is 5.34. The number of benzene rings is 2.